The highest BCUT2D eigenvalue weighted by molar-refractivity contribution is 5.97. The standard InChI is InChI=1S/C20H22N2O2/c1-13-12-18(13)20(24)22-17-10-8-16(9-11-17)19(23)21-14(2)15-6-4-3-5-7-15/h3-11,13-14,18H,12H2,1-2H3,(H,21,23)(H,22,24). The van der Waals surface area contributed by atoms with Gasteiger partial charge >= 0.3 is 0 Å². The first-order valence-electron chi connectivity index (χ1n) is 8.31. The van der Waals surface area contributed by atoms with Gasteiger partial charge in [0.05, 0.1) is 6.04 Å². The zero-order valence-corrected chi connectivity index (χ0v) is 14.0. The maximum absolute atomic E-state index is 12.3. The average molecular weight is 322 g/mol. The summed E-state index contributed by atoms with van der Waals surface area (Å²) in [6.07, 6.45) is 0.962. The highest BCUT2D eigenvalue weighted by Crippen LogP contribution is 2.38. The molecule has 4 heteroatoms. The van der Waals surface area contributed by atoms with Gasteiger partial charge in [-0.2, -0.15) is 0 Å². The van der Waals surface area contributed by atoms with E-state index in [-0.39, 0.29) is 23.8 Å². The minimum atomic E-state index is -0.125. The molecular weight excluding hydrogens is 300 g/mol. The van der Waals surface area contributed by atoms with Gasteiger partial charge in [-0.05, 0) is 49.1 Å². The van der Waals surface area contributed by atoms with E-state index in [2.05, 4.69) is 17.6 Å². The molecular formula is C20H22N2O2. The molecule has 1 aliphatic rings. The molecule has 1 saturated carbocycles. The lowest BCUT2D eigenvalue weighted by molar-refractivity contribution is -0.117. The van der Waals surface area contributed by atoms with E-state index in [0.717, 1.165) is 17.7 Å². The van der Waals surface area contributed by atoms with E-state index >= 15 is 0 Å². The quantitative estimate of drug-likeness (QED) is 0.880. The smallest absolute Gasteiger partial charge is 0.251 e. The van der Waals surface area contributed by atoms with E-state index in [4.69, 9.17) is 0 Å². The van der Waals surface area contributed by atoms with Gasteiger partial charge in [-0.1, -0.05) is 37.3 Å². The molecule has 0 radical (unpaired) electrons. The number of rotatable bonds is 5. The maximum Gasteiger partial charge on any atom is 0.251 e. The number of hydrogen-bond acceptors (Lipinski definition) is 2. The number of anilines is 1. The van der Waals surface area contributed by atoms with Crippen LogP contribution in [0.1, 0.15) is 42.2 Å². The number of carbonyl (C=O) groups is 2. The van der Waals surface area contributed by atoms with Crippen molar-refractivity contribution in [2.75, 3.05) is 5.32 Å². The zero-order valence-electron chi connectivity index (χ0n) is 14.0. The molecule has 0 aliphatic heterocycles. The second-order valence-corrected chi connectivity index (χ2v) is 6.49. The minimum Gasteiger partial charge on any atom is -0.346 e. The predicted octanol–water partition coefficient (Wildman–Crippen LogP) is 3.77. The highest BCUT2D eigenvalue weighted by Gasteiger charge is 2.39. The Morgan fingerprint density at radius 3 is 2.25 bits per heavy atom. The second-order valence-electron chi connectivity index (χ2n) is 6.49. The van der Waals surface area contributed by atoms with Gasteiger partial charge in [-0.25, -0.2) is 0 Å². The third-order valence-corrected chi connectivity index (χ3v) is 4.51. The van der Waals surface area contributed by atoms with Crippen LogP contribution in [0.15, 0.2) is 54.6 Å². The molecule has 2 aromatic rings. The summed E-state index contributed by atoms with van der Waals surface area (Å²) >= 11 is 0. The Bertz CT molecular complexity index is 725. The van der Waals surface area contributed by atoms with Crippen molar-refractivity contribution in [3.8, 4) is 0 Å². The van der Waals surface area contributed by atoms with Crippen molar-refractivity contribution in [2.45, 2.75) is 26.3 Å². The summed E-state index contributed by atoms with van der Waals surface area (Å²) < 4.78 is 0. The zero-order chi connectivity index (χ0) is 17.1. The lowest BCUT2D eigenvalue weighted by atomic mass is 10.1. The van der Waals surface area contributed by atoms with Gasteiger partial charge in [0.15, 0.2) is 0 Å². The van der Waals surface area contributed by atoms with Gasteiger partial charge < -0.3 is 10.6 Å². The van der Waals surface area contributed by atoms with Gasteiger partial charge in [0.2, 0.25) is 5.91 Å². The fourth-order valence-corrected chi connectivity index (χ4v) is 2.73. The summed E-state index contributed by atoms with van der Waals surface area (Å²) in [6, 6.07) is 16.8. The first-order chi connectivity index (χ1) is 11.5. The van der Waals surface area contributed by atoms with Gasteiger partial charge in [0.1, 0.15) is 0 Å². The minimum absolute atomic E-state index is 0.0607. The molecule has 4 nitrogen and oxygen atoms in total. The van der Waals surface area contributed by atoms with E-state index in [9.17, 15) is 9.59 Å². The summed E-state index contributed by atoms with van der Waals surface area (Å²) in [4.78, 5) is 24.2. The summed E-state index contributed by atoms with van der Waals surface area (Å²) in [7, 11) is 0. The van der Waals surface area contributed by atoms with Gasteiger partial charge in [0.25, 0.3) is 5.91 Å². The first-order valence-corrected chi connectivity index (χ1v) is 8.31. The normalized spacial score (nSPS) is 20.1. The number of amides is 2. The van der Waals surface area contributed by atoms with Crippen LogP contribution < -0.4 is 10.6 Å². The molecule has 0 bridgehead atoms. The Labute approximate surface area is 142 Å². The van der Waals surface area contributed by atoms with Crippen molar-refractivity contribution in [3.63, 3.8) is 0 Å². The predicted molar refractivity (Wildman–Crippen MR) is 94.7 cm³/mol. The van der Waals surface area contributed by atoms with Crippen LogP contribution in [0.4, 0.5) is 5.69 Å². The van der Waals surface area contributed by atoms with Gasteiger partial charge in [-0.15, -0.1) is 0 Å². The van der Waals surface area contributed by atoms with Crippen LogP contribution in [0.2, 0.25) is 0 Å². The third-order valence-electron chi connectivity index (χ3n) is 4.51. The van der Waals surface area contributed by atoms with E-state index < -0.39 is 0 Å². The van der Waals surface area contributed by atoms with Crippen molar-refractivity contribution in [2.24, 2.45) is 11.8 Å². The molecule has 3 atom stereocenters. The molecule has 124 valence electrons. The number of carbonyl (C=O) groups excluding carboxylic acids is 2. The van der Waals surface area contributed by atoms with Crippen LogP contribution in [0.5, 0.6) is 0 Å². The van der Waals surface area contributed by atoms with Crippen LogP contribution in [0.3, 0.4) is 0 Å². The summed E-state index contributed by atoms with van der Waals surface area (Å²) in [5.74, 6) is 0.562. The Morgan fingerprint density at radius 1 is 1.04 bits per heavy atom. The molecule has 2 amide bonds. The summed E-state index contributed by atoms with van der Waals surface area (Å²) in [5, 5.41) is 5.88. The summed E-state index contributed by atoms with van der Waals surface area (Å²) in [5.41, 5.74) is 2.37. The molecule has 1 fully saturated rings. The number of hydrogen-bond donors (Lipinski definition) is 2. The molecule has 2 N–H and O–H groups in total. The largest absolute Gasteiger partial charge is 0.346 e. The topological polar surface area (TPSA) is 58.2 Å². The van der Waals surface area contributed by atoms with Gasteiger partial charge in [0, 0.05) is 17.2 Å². The van der Waals surface area contributed by atoms with Crippen molar-refractivity contribution in [1.29, 1.82) is 0 Å². The molecule has 3 unspecified atom stereocenters. The monoisotopic (exact) mass is 322 g/mol. The second kappa shape index (κ2) is 6.87. The maximum atomic E-state index is 12.3. The van der Waals surface area contributed by atoms with Crippen molar-refractivity contribution in [3.05, 3.63) is 65.7 Å². The van der Waals surface area contributed by atoms with Crippen molar-refractivity contribution in [1.82, 2.24) is 5.32 Å². The molecule has 3 rings (SSSR count). The molecule has 1 aliphatic carbocycles. The number of benzene rings is 2. The van der Waals surface area contributed by atoms with E-state index in [1.165, 1.54) is 0 Å². The highest BCUT2D eigenvalue weighted by atomic mass is 16.2. The molecule has 0 heterocycles. The molecule has 0 saturated heterocycles. The van der Waals surface area contributed by atoms with E-state index in [1.807, 2.05) is 37.3 Å². The fourth-order valence-electron chi connectivity index (χ4n) is 2.73. The lowest BCUT2D eigenvalue weighted by Gasteiger charge is -2.14. The van der Waals surface area contributed by atoms with Gasteiger partial charge in [-0.3, -0.25) is 9.59 Å². The van der Waals surface area contributed by atoms with Crippen molar-refractivity contribution < 1.29 is 9.59 Å². The Hall–Kier alpha value is -2.62. The third kappa shape index (κ3) is 3.82. The molecule has 24 heavy (non-hydrogen) atoms. The van der Waals surface area contributed by atoms with Crippen LogP contribution >= 0.6 is 0 Å². The average Bonchev–Trinajstić information content (AvgIpc) is 3.33. The summed E-state index contributed by atoms with van der Waals surface area (Å²) in [6.45, 7) is 4.03. The molecule has 0 spiro atoms. The lowest BCUT2D eigenvalue weighted by Crippen LogP contribution is -2.26. The van der Waals surface area contributed by atoms with Crippen LogP contribution in [0, 0.1) is 11.8 Å². The van der Waals surface area contributed by atoms with Crippen molar-refractivity contribution >= 4 is 17.5 Å². The van der Waals surface area contributed by atoms with E-state index in [0.29, 0.717) is 11.5 Å². The Balaban J connectivity index is 1.58. The molecule has 2 aromatic carbocycles. The fraction of sp³-hybridized carbons (Fsp3) is 0.300. The van der Waals surface area contributed by atoms with Crippen LogP contribution in [-0.4, -0.2) is 11.8 Å². The SMILES string of the molecule is CC(NC(=O)c1ccc(NC(=O)C2CC2C)cc1)c1ccccc1. The Kier molecular flexibility index (Phi) is 4.65. The van der Waals surface area contributed by atoms with Crippen LogP contribution in [-0.2, 0) is 4.79 Å². The first kappa shape index (κ1) is 16.2. The number of nitrogens with one attached hydrogen (secondary N) is 2. The van der Waals surface area contributed by atoms with Crippen LogP contribution in [0.25, 0.3) is 0 Å². The van der Waals surface area contributed by atoms with E-state index in [1.54, 1.807) is 24.3 Å². The Morgan fingerprint density at radius 2 is 1.67 bits per heavy atom. The molecule has 0 aromatic heterocycles.